The van der Waals surface area contributed by atoms with E-state index in [9.17, 15) is 4.79 Å². The first-order valence-corrected chi connectivity index (χ1v) is 7.86. The smallest absolute Gasteiger partial charge is 0.222 e. The molecular formula is C16H23ClN2O2. The highest BCUT2D eigenvalue weighted by molar-refractivity contribution is 6.31. The van der Waals surface area contributed by atoms with E-state index < -0.39 is 0 Å². The summed E-state index contributed by atoms with van der Waals surface area (Å²) in [6.45, 7) is 4.06. The number of amides is 1. The average molecular weight is 311 g/mol. The minimum atomic E-state index is 0.206. The van der Waals surface area contributed by atoms with Crippen molar-refractivity contribution >= 4 is 17.5 Å². The van der Waals surface area contributed by atoms with Crippen LogP contribution >= 0.6 is 11.6 Å². The highest BCUT2D eigenvalue weighted by Crippen LogP contribution is 2.21. The lowest BCUT2D eigenvalue weighted by Crippen LogP contribution is -2.42. The van der Waals surface area contributed by atoms with Crippen LogP contribution in [0.5, 0.6) is 5.75 Å². The molecule has 0 unspecified atom stereocenters. The molecule has 0 saturated carbocycles. The van der Waals surface area contributed by atoms with Crippen molar-refractivity contribution in [1.82, 2.24) is 4.90 Å². The molecule has 0 spiro atoms. The van der Waals surface area contributed by atoms with Crippen LogP contribution in [-0.2, 0) is 4.79 Å². The van der Waals surface area contributed by atoms with E-state index in [0.717, 1.165) is 48.7 Å². The van der Waals surface area contributed by atoms with Gasteiger partial charge in [0.05, 0.1) is 6.61 Å². The number of piperidine rings is 1. The Morgan fingerprint density at radius 3 is 2.81 bits per heavy atom. The summed E-state index contributed by atoms with van der Waals surface area (Å²) in [4.78, 5) is 13.9. The third kappa shape index (κ3) is 4.90. The van der Waals surface area contributed by atoms with E-state index in [0.29, 0.717) is 13.0 Å². The first-order chi connectivity index (χ1) is 10.1. The molecule has 1 saturated heterocycles. The SMILES string of the molecule is Cc1cc(OCCCC(=O)N2CCC(N)CC2)ccc1Cl. The van der Waals surface area contributed by atoms with Gasteiger partial charge in [0.15, 0.2) is 0 Å². The van der Waals surface area contributed by atoms with Gasteiger partial charge in [0.1, 0.15) is 5.75 Å². The third-order valence-corrected chi connectivity index (χ3v) is 4.25. The van der Waals surface area contributed by atoms with Crippen molar-refractivity contribution in [3.05, 3.63) is 28.8 Å². The van der Waals surface area contributed by atoms with Gasteiger partial charge in [-0.2, -0.15) is 0 Å². The van der Waals surface area contributed by atoms with Crippen molar-refractivity contribution in [2.75, 3.05) is 19.7 Å². The van der Waals surface area contributed by atoms with Crippen LogP contribution in [-0.4, -0.2) is 36.5 Å². The number of nitrogens with two attached hydrogens (primary N) is 1. The molecule has 2 N–H and O–H groups in total. The summed E-state index contributed by atoms with van der Waals surface area (Å²) >= 11 is 5.97. The molecule has 116 valence electrons. The average Bonchev–Trinajstić information content (AvgIpc) is 2.47. The highest BCUT2D eigenvalue weighted by Gasteiger charge is 2.19. The highest BCUT2D eigenvalue weighted by atomic mass is 35.5. The largest absolute Gasteiger partial charge is 0.494 e. The van der Waals surface area contributed by atoms with Gasteiger partial charge in [0.2, 0.25) is 5.91 Å². The molecule has 0 bridgehead atoms. The van der Waals surface area contributed by atoms with Crippen LogP contribution in [0, 0.1) is 6.92 Å². The Bertz CT molecular complexity index is 485. The molecule has 1 heterocycles. The Morgan fingerprint density at radius 1 is 1.43 bits per heavy atom. The van der Waals surface area contributed by atoms with Gasteiger partial charge < -0.3 is 15.4 Å². The summed E-state index contributed by atoms with van der Waals surface area (Å²) in [7, 11) is 0. The van der Waals surface area contributed by atoms with Crippen molar-refractivity contribution in [1.29, 1.82) is 0 Å². The number of ether oxygens (including phenoxy) is 1. The monoisotopic (exact) mass is 310 g/mol. The van der Waals surface area contributed by atoms with E-state index in [2.05, 4.69) is 0 Å². The van der Waals surface area contributed by atoms with E-state index in [4.69, 9.17) is 22.1 Å². The molecule has 0 radical (unpaired) electrons. The van der Waals surface area contributed by atoms with Gasteiger partial charge in [0, 0.05) is 30.6 Å². The molecular weight excluding hydrogens is 288 g/mol. The fourth-order valence-electron chi connectivity index (χ4n) is 2.43. The number of likely N-dealkylation sites (tertiary alicyclic amines) is 1. The quantitative estimate of drug-likeness (QED) is 0.851. The topological polar surface area (TPSA) is 55.6 Å². The second kappa shape index (κ2) is 7.66. The Hall–Kier alpha value is -1.26. The van der Waals surface area contributed by atoms with Crippen LogP contribution < -0.4 is 10.5 Å². The molecule has 0 aliphatic carbocycles. The summed E-state index contributed by atoms with van der Waals surface area (Å²) in [6.07, 6.45) is 3.07. The van der Waals surface area contributed by atoms with Gasteiger partial charge >= 0.3 is 0 Å². The van der Waals surface area contributed by atoms with Gasteiger partial charge in [-0.25, -0.2) is 0 Å². The normalized spacial score (nSPS) is 16.0. The standard InChI is InChI=1S/C16H23ClN2O2/c1-12-11-14(4-5-15(12)17)21-10-2-3-16(20)19-8-6-13(18)7-9-19/h4-5,11,13H,2-3,6-10,18H2,1H3. The number of benzene rings is 1. The summed E-state index contributed by atoms with van der Waals surface area (Å²) in [5, 5.41) is 0.737. The van der Waals surface area contributed by atoms with Gasteiger partial charge in [-0.3, -0.25) is 4.79 Å². The molecule has 5 heteroatoms. The fraction of sp³-hybridized carbons (Fsp3) is 0.562. The maximum Gasteiger partial charge on any atom is 0.222 e. The van der Waals surface area contributed by atoms with Crippen LogP contribution in [0.2, 0.25) is 5.02 Å². The van der Waals surface area contributed by atoms with E-state index in [1.165, 1.54) is 0 Å². The summed E-state index contributed by atoms with van der Waals surface area (Å²) in [6, 6.07) is 5.85. The van der Waals surface area contributed by atoms with Gasteiger partial charge in [-0.05, 0) is 49.9 Å². The van der Waals surface area contributed by atoms with Crippen LogP contribution in [0.15, 0.2) is 18.2 Å². The number of carbonyl (C=O) groups excluding carboxylic acids is 1. The number of hydrogen-bond donors (Lipinski definition) is 1. The van der Waals surface area contributed by atoms with E-state index in [-0.39, 0.29) is 11.9 Å². The molecule has 1 fully saturated rings. The van der Waals surface area contributed by atoms with Crippen LogP contribution in [0.4, 0.5) is 0 Å². The number of aryl methyl sites for hydroxylation is 1. The lowest BCUT2D eigenvalue weighted by atomic mass is 10.1. The molecule has 0 aromatic heterocycles. The molecule has 1 aromatic carbocycles. The molecule has 4 nitrogen and oxygen atoms in total. The fourth-order valence-corrected chi connectivity index (χ4v) is 2.54. The minimum absolute atomic E-state index is 0.206. The van der Waals surface area contributed by atoms with Gasteiger partial charge in [0.25, 0.3) is 0 Å². The number of hydrogen-bond acceptors (Lipinski definition) is 3. The minimum Gasteiger partial charge on any atom is -0.494 e. The molecule has 1 amide bonds. The summed E-state index contributed by atoms with van der Waals surface area (Å²) < 4.78 is 5.65. The van der Waals surface area contributed by atoms with Crippen LogP contribution in [0.3, 0.4) is 0 Å². The lowest BCUT2D eigenvalue weighted by molar-refractivity contribution is -0.132. The van der Waals surface area contributed by atoms with Crippen LogP contribution in [0.25, 0.3) is 0 Å². The predicted molar refractivity (Wildman–Crippen MR) is 84.7 cm³/mol. The molecule has 1 aliphatic rings. The molecule has 2 rings (SSSR count). The lowest BCUT2D eigenvalue weighted by Gasteiger charge is -2.30. The Labute approximate surface area is 131 Å². The van der Waals surface area contributed by atoms with Crippen molar-refractivity contribution in [3.8, 4) is 5.75 Å². The van der Waals surface area contributed by atoms with E-state index in [1.54, 1.807) is 0 Å². The first kappa shape index (κ1) is 16.1. The number of rotatable bonds is 5. The maximum atomic E-state index is 12.0. The zero-order valence-corrected chi connectivity index (χ0v) is 13.2. The van der Waals surface area contributed by atoms with E-state index >= 15 is 0 Å². The molecule has 1 aromatic rings. The van der Waals surface area contributed by atoms with Crippen LogP contribution in [0.1, 0.15) is 31.2 Å². The van der Waals surface area contributed by atoms with Crippen molar-refractivity contribution in [2.45, 2.75) is 38.6 Å². The Kier molecular flexibility index (Phi) is 5.88. The second-order valence-corrected chi connectivity index (χ2v) is 5.99. The van der Waals surface area contributed by atoms with Gasteiger partial charge in [-0.15, -0.1) is 0 Å². The molecule has 1 aliphatic heterocycles. The zero-order chi connectivity index (χ0) is 15.2. The number of nitrogens with zero attached hydrogens (tertiary/aromatic N) is 1. The Morgan fingerprint density at radius 2 is 2.14 bits per heavy atom. The zero-order valence-electron chi connectivity index (χ0n) is 12.5. The Balaban J connectivity index is 1.67. The summed E-state index contributed by atoms with van der Waals surface area (Å²) in [5.41, 5.74) is 6.83. The third-order valence-electron chi connectivity index (χ3n) is 3.83. The molecule has 0 atom stereocenters. The predicted octanol–water partition coefficient (Wildman–Crippen LogP) is 2.76. The molecule has 21 heavy (non-hydrogen) atoms. The van der Waals surface area contributed by atoms with Crippen molar-refractivity contribution in [2.24, 2.45) is 5.73 Å². The first-order valence-electron chi connectivity index (χ1n) is 7.48. The maximum absolute atomic E-state index is 12.0. The van der Waals surface area contributed by atoms with Crippen molar-refractivity contribution < 1.29 is 9.53 Å². The number of halogens is 1. The second-order valence-electron chi connectivity index (χ2n) is 5.58. The van der Waals surface area contributed by atoms with E-state index in [1.807, 2.05) is 30.0 Å². The summed E-state index contributed by atoms with van der Waals surface area (Å²) in [5.74, 6) is 1.01. The van der Waals surface area contributed by atoms with Gasteiger partial charge in [-0.1, -0.05) is 11.6 Å². The number of carbonyl (C=O) groups is 1. The van der Waals surface area contributed by atoms with Crippen molar-refractivity contribution in [3.63, 3.8) is 0 Å².